The average Bonchev–Trinajstić information content (AvgIpc) is 2.30. The van der Waals surface area contributed by atoms with Crippen LogP contribution in [0.25, 0.3) is 0 Å². The van der Waals surface area contributed by atoms with Crippen molar-refractivity contribution >= 4 is 46.1 Å². The van der Waals surface area contributed by atoms with Crippen LogP contribution in [0.2, 0.25) is 0 Å². The largest absolute Gasteiger partial charge is 0.308 e. The molecule has 0 aromatic carbocycles. The number of terminal acetylenes is 1. The Labute approximate surface area is 107 Å². The van der Waals surface area contributed by atoms with Crippen molar-refractivity contribution in [3.05, 3.63) is 20.2 Å². The Hall–Kier alpha value is -0.140. The zero-order valence-electron chi connectivity index (χ0n) is 7.89. The highest BCUT2D eigenvalue weighted by molar-refractivity contribution is 7.09. The number of aromatic nitrogens is 1. The molecule has 0 aliphatic carbocycles. The van der Waals surface area contributed by atoms with E-state index in [2.05, 4.69) is 5.92 Å². The molecule has 0 bridgehead atoms. The van der Waals surface area contributed by atoms with Crippen LogP contribution in [-0.4, -0.2) is 8.36 Å². The van der Waals surface area contributed by atoms with E-state index in [1.54, 1.807) is 6.92 Å². The maximum absolute atomic E-state index is 11.5. The topological polar surface area (TPSA) is 22.0 Å². The molecule has 6 heteroatoms. The summed E-state index contributed by atoms with van der Waals surface area (Å²) in [5.74, 6) is 2.41. The van der Waals surface area contributed by atoms with Gasteiger partial charge in [0, 0.05) is 17.0 Å². The lowest BCUT2D eigenvalue weighted by Crippen LogP contribution is -2.13. The first-order valence-electron chi connectivity index (χ1n) is 4.04. The first kappa shape index (κ1) is 12.9. The van der Waals surface area contributed by atoms with E-state index < -0.39 is 3.79 Å². The first-order chi connectivity index (χ1) is 6.85. The SMILES string of the molecule is C#CCn1c(C)c(CC(Cl)(Cl)Cl)sc1=O. The summed E-state index contributed by atoms with van der Waals surface area (Å²) in [6.45, 7) is 2.04. The number of rotatable bonds is 2. The van der Waals surface area contributed by atoms with Gasteiger partial charge in [0.15, 0.2) is 3.79 Å². The minimum atomic E-state index is -1.38. The van der Waals surface area contributed by atoms with Gasteiger partial charge in [-0.3, -0.25) is 9.36 Å². The molecule has 0 amide bonds. The maximum Gasteiger partial charge on any atom is 0.308 e. The molecule has 15 heavy (non-hydrogen) atoms. The highest BCUT2D eigenvalue weighted by atomic mass is 35.6. The Balaban J connectivity index is 3.08. The smallest absolute Gasteiger partial charge is 0.291 e. The second-order valence-electron chi connectivity index (χ2n) is 2.96. The lowest BCUT2D eigenvalue weighted by Gasteiger charge is -2.09. The lowest BCUT2D eigenvalue weighted by atomic mass is 10.3. The van der Waals surface area contributed by atoms with Crippen molar-refractivity contribution in [2.45, 2.75) is 23.7 Å². The Morgan fingerprint density at radius 3 is 2.60 bits per heavy atom. The van der Waals surface area contributed by atoms with Crippen LogP contribution in [0.4, 0.5) is 0 Å². The fourth-order valence-electron chi connectivity index (χ4n) is 1.14. The van der Waals surface area contributed by atoms with Crippen molar-refractivity contribution in [3.8, 4) is 12.3 Å². The van der Waals surface area contributed by atoms with Gasteiger partial charge >= 0.3 is 4.87 Å². The maximum atomic E-state index is 11.5. The number of alkyl halides is 3. The van der Waals surface area contributed by atoms with Gasteiger partial charge in [0.05, 0.1) is 6.54 Å². The molecule has 82 valence electrons. The van der Waals surface area contributed by atoms with Gasteiger partial charge < -0.3 is 0 Å². The molecular formula is C9H8Cl3NOS. The number of halogens is 3. The molecular weight excluding hydrogens is 277 g/mol. The second kappa shape index (κ2) is 4.80. The van der Waals surface area contributed by atoms with Crippen LogP contribution in [0.1, 0.15) is 10.6 Å². The van der Waals surface area contributed by atoms with Crippen molar-refractivity contribution in [2.75, 3.05) is 0 Å². The summed E-state index contributed by atoms with van der Waals surface area (Å²) in [6, 6.07) is 0. The predicted octanol–water partition coefficient (Wildman–Crippen LogP) is 2.76. The second-order valence-corrected chi connectivity index (χ2v) is 6.52. The quantitative estimate of drug-likeness (QED) is 0.605. The zero-order chi connectivity index (χ0) is 11.6. The molecule has 0 N–H and O–H groups in total. The number of hydrogen-bond donors (Lipinski definition) is 0. The van der Waals surface area contributed by atoms with Crippen LogP contribution in [-0.2, 0) is 13.0 Å². The fourth-order valence-corrected chi connectivity index (χ4v) is 2.85. The third kappa shape index (κ3) is 3.42. The molecule has 1 heterocycles. The van der Waals surface area contributed by atoms with E-state index in [0.29, 0.717) is 0 Å². The van der Waals surface area contributed by atoms with E-state index in [1.807, 2.05) is 0 Å². The number of nitrogens with zero attached hydrogens (tertiary/aromatic N) is 1. The van der Waals surface area contributed by atoms with Gasteiger partial charge in [0.2, 0.25) is 0 Å². The Bertz CT molecular complexity index is 449. The summed E-state index contributed by atoms with van der Waals surface area (Å²) in [5.41, 5.74) is 0.772. The van der Waals surface area contributed by atoms with E-state index in [-0.39, 0.29) is 17.8 Å². The molecule has 0 fully saturated rings. The molecule has 1 rings (SSSR count). The number of hydrogen-bond acceptors (Lipinski definition) is 2. The summed E-state index contributed by atoms with van der Waals surface area (Å²) in [6.07, 6.45) is 5.37. The molecule has 0 aliphatic rings. The summed E-state index contributed by atoms with van der Waals surface area (Å²) in [4.78, 5) is 12.1. The standard InChI is InChI=1S/C9H8Cl3NOS/c1-3-4-13-6(2)7(15-8(13)14)5-9(10,11)12/h1H,4-5H2,2H3. The van der Waals surface area contributed by atoms with Gasteiger partial charge in [0.1, 0.15) is 0 Å². The van der Waals surface area contributed by atoms with E-state index >= 15 is 0 Å². The van der Waals surface area contributed by atoms with Crippen LogP contribution < -0.4 is 4.87 Å². The van der Waals surface area contributed by atoms with Gasteiger partial charge in [-0.2, -0.15) is 0 Å². The third-order valence-electron chi connectivity index (χ3n) is 1.85. The molecule has 0 radical (unpaired) electrons. The van der Waals surface area contributed by atoms with Crippen molar-refractivity contribution in [1.82, 2.24) is 4.57 Å². The van der Waals surface area contributed by atoms with E-state index in [1.165, 1.54) is 4.57 Å². The van der Waals surface area contributed by atoms with E-state index in [9.17, 15) is 4.79 Å². The van der Waals surface area contributed by atoms with E-state index in [0.717, 1.165) is 21.9 Å². The van der Waals surface area contributed by atoms with Crippen LogP contribution in [0.3, 0.4) is 0 Å². The van der Waals surface area contributed by atoms with Gasteiger partial charge in [-0.05, 0) is 6.92 Å². The lowest BCUT2D eigenvalue weighted by molar-refractivity contribution is 0.780. The summed E-state index contributed by atoms with van der Waals surface area (Å²) >= 11 is 18.1. The molecule has 0 unspecified atom stereocenters. The van der Waals surface area contributed by atoms with Crippen LogP contribution in [0, 0.1) is 19.3 Å². The van der Waals surface area contributed by atoms with Gasteiger partial charge in [-0.1, -0.05) is 52.1 Å². The molecule has 0 saturated heterocycles. The van der Waals surface area contributed by atoms with E-state index in [4.69, 9.17) is 41.2 Å². The van der Waals surface area contributed by atoms with Crippen molar-refractivity contribution in [1.29, 1.82) is 0 Å². The highest BCUT2D eigenvalue weighted by Gasteiger charge is 2.24. The van der Waals surface area contributed by atoms with Gasteiger partial charge in [0.25, 0.3) is 0 Å². The summed E-state index contributed by atoms with van der Waals surface area (Å²) in [5, 5.41) is 0. The minimum absolute atomic E-state index is 0.116. The van der Waals surface area contributed by atoms with Gasteiger partial charge in [-0.15, -0.1) is 6.42 Å². The molecule has 1 aromatic heterocycles. The molecule has 0 atom stereocenters. The number of thiazole rings is 1. The zero-order valence-corrected chi connectivity index (χ0v) is 11.0. The summed E-state index contributed by atoms with van der Waals surface area (Å²) < 4.78 is 0.117. The van der Waals surface area contributed by atoms with Crippen molar-refractivity contribution in [3.63, 3.8) is 0 Å². The average molecular weight is 285 g/mol. The monoisotopic (exact) mass is 283 g/mol. The van der Waals surface area contributed by atoms with Gasteiger partial charge in [-0.25, -0.2) is 0 Å². The molecule has 0 spiro atoms. The van der Waals surface area contributed by atoms with Crippen LogP contribution >= 0.6 is 46.1 Å². The van der Waals surface area contributed by atoms with Crippen LogP contribution in [0.15, 0.2) is 4.79 Å². The third-order valence-corrected chi connectivity index (χ3v) is 3.33. The highest BCUT2D eigenvalue weighted by Crippen LogP contribution is 2.32. The Morgan fingerprint density at radius 1 is 1.53 bits per heavy atom. The Morgan fingerprint density at radius 2 is 2.13 bits per heavy atom. The molecule has 0 aliphatic heterocycles. The van der Waals surface area contributed by atoms with Crippen molar-refractivity contribution in [2.24, 2.45) is 0 Å². The first-order valence-corrected chi connectivity index (χ1v) is 5.99. The predicted molar refractivity (Wildman–Crippen MR) is 66.1 cm³/mol. The molecule has 0 saturated carbocycles. The fraction of sp³-hybridized carbons (Fsp3) is 0.444. The summed E-state index contributed by atoms with van der Waals surface area (Å²) in [7, 11) is 0. The molecule has 1 aromatic rings. The normalized spacial score (nSPS) is 11.4. The Kier molecular flexibility index (Phi) is 4.13. The minimum Gasteiger partial charge on any atom is -0.291 e. The van der Waals surface area contributed by atoms with Crippen LogP contribution in [0.5, 0.6) is 0 Å². The molecule has 2 nitrogen and oxygen atoms in total. The van der Waals surface area contributed by atoms with Crippen molar-refractivity contribution < 1.29 is 0 Å².